The number of benzene rings is 1. The largest absolute Gasteiger partial charge is 0.501 e. The van der Waals surface area contributed by atoms with Crippen molar-refractivity contribution in [3.8, 4) is 5.75 Å². The fourth-order valence-corrected chi connectivity index (χ4v) is 1.67. The SMILES string of the molecule is O=[N+]([O-])c1cc(/C=N\n2cnnc2)cc(Br)c1O. The van der Waals surface area contributed by atoms with E-state index in [0.29, 0.717) is 5.56 Å². The van der Waals surface area contributed by atoms with Crippen molar-refractivity contribution < 1.29 is 10.0 Å². The number of nitro benzene ring substituents is 1. The average Bonchev–Trinajstić information content (AvgIpc) is 2.83. The van der Waals surface area contributed by atoms with Gasteiger partial charge in [0.25, 0.3) is 0 Å². The molecule has 0 radical (unpaired) electrons. The second-order valence-electron chi connectivity index (χ2n) is 3.21. The molecule has 1 aromatic heterocycles. The zero-order chi connectivity index (χ0) is 13.1. The summed E-state index contributed by atoms with van der Waals surface area (Å²) in [6.07, 6.45) is 4.14. The first-order valence-electron chi connectivity index (χ1n) is 4.64. The third-order valence-electron chi connectivity index (χ3n) is 2.01. The zero-order valence-electron chi connectivity index (χ0n) is 8.76. The summed E-state index contributed by atoms with van der Waals surface area (Å²) in [6.45, 7) is 0. The van der Waals surface area contributed by atoms with Crippen LogP contribution in [0.4, 0.5) is 5.69 Å². The molecule has 0 amide bonds. The number of aromatic nitrogens is 3. The molecule has 0 unspecified atom stereocenters. The summed E-state index contributed by atoms with van der Waals surface area (Å²) < 4.78 is 1.56. The Labute approximate surface area is 109 Å². The summed E-state index contributed by atoms with van der Waals surface area (Å²) in [4.78, 5) is 10.0. The number of rotatable bonds is 3. The monoisotopic (exact) mass is 311 g/mol. The summed E-state index contributed by atoms with van der Waals surface area (Å²) in [5, 5.41) is 31.3. The van der Waals surface area contributed by atoms with Crippen molar-refractivity contribution >= 4 is 27.8 Å². The third-order valence-corrected chi connectivity index (χ3v) is 2.61. The van der Waals surface area contributed by atoms with Crippen LogP contribution in [0.1, 0.15) is 5.56 Å². The van der Waals surface area contributed by atoms with E-state index in [4.69, 9.17) is 0 Å². The molecule has 0 aliphatic heterocycles. The Hall–Kier alpha value is -2.29. The van der Waals surface area contributed by atoms with Gasteiger partial charge in [-0.05, 0) is 22.0 Å². The second kappa shape index (κ2) is 4.92. The summed E-state index contributed by atoms with van der Waals surface area (Å²) in [5.41, 5.74) is 0.0645. The highest BCUT2D eigenvalue weighted by molar-refractivity contribution is 9.10. The molecule has 0 bridgehead atoms. The average molecular weight is 312 g/mol. The van der Waals surface area contributed by atoms with Gasteiger partial charge >= 0.3 is 5.69 Å². The second-order valence-corrected chi connectivity index (χ2v) is 4.07. The normalized spacial score (nSPS) is 10.9. The fraction of sp³-hybridized carbons (Fsp3) is 0. The lowest BCUT2D eigenvalue weighted by Gasteiger charge is -2.00. The van der Waals surface area contributed by atoms with E-state index in [1.165, 1.54) is 35.7 Å². The molecule has 0 aliphatic rings. The standard InChI is InChI=1S/C9H6BrN5O3/c10-7-1-6(2-8(9(7)16)15(17)18)3-13-14-4-11-12-5-14/h1-5,16H/b13-3-. The summed E-state index contributed by atoms with van der Waals surface area (Å²) in [5.74, 6) is -0.415. The molecule has 0 spiro atoms. The molecule has 9 heteroatoms. The summed E-state index contributed by atoms with van der Waals surface area (Å²) in [6, 6.07) is 2.73. The van der Waals surface area contributed by atoms with E-state index >= 15 is 0 Å². The van der Waals surface area contributed by atoms with Gasteiger partial charge in [0.2, 0.25) is 5.75 Å². The van der Waals surface area contributed by atoms with E-state index in [1.807, 2.05) is 0 Å². The van der Waals surface area contributed by atoms with Gasteiger partial charge in [-0.3, -0.25) is 10.1 Å². The van der Waals surface area contributed by atoms with Crippen LogP contribution >= 0.6 is 15.9 Å². The number of aromatic hydroxyl groups is 1. The molecule has 0 saturated carbocycles. The van der Waals surface area contributed by atoms with Crippen LogP contribution in [0.15, 0.2) is 34.4 Å². The van der Waals surface area contributed by atoms with Gasteiger partial charge in [-0.1, -0.05) is 0 Å². The van der Waals surface area contributed by atoms with E-state index in [-0.39, 0.29) is 4.47 Å². The molecule has 1 N–H and O–H groups in total. The van der Waals surface area contributed by atoms with Crippen LogP contribution in [-0.2, 0) is 0 Å². The minimum Gasteiger partial charge on any atom is -0.501 e. The zero-order valence-corrected chi connectivity index (χ0v) is 10.4. The van der Waals surface area contributed by atoms with Gasteiger partial charge in [0, 0.05) is 11.6 Å². The Balaban J connectivity index is 2.37. The molecule has 1 heterocycles. The number of phenolic OH excluding ortho intramolecular Hbond substituents is 1. The number of nitro groups is 1. The summed E-state index contributed by atoms with van der Waals surface area (Å²) >= 11 is 3.04. The first-order valence-corrected chi connectivity index (χ1v) is 5.43. The molecule has 2 aromatic rings. The predicted octanol–water partition coefficient (Wildman–Crippen LogP) is 1.54. The van der Waals surface area contributed by atoms with Crippen LogP contribution in [0.3, 0.4) is 0 Å². The lowest BCUT2D eigenvalue weighted by Crippen LogP contribution is -1.93. The van der Waals surface area contributed by atoms with Crippen molar-refractivity contribution in [2.45, 2.75) is 0 Å². The molecule has 0 aliphatic carbocycles. The van der Waals surface area contributed by atoms with Crippen LogP contribution in [0, 0.1) is 10.1 Å². The Morgan fingerprint density at radius 1 is 1.44 bits per heavy atom. The van der Waals surface area contributed by atoms with Crippen LogP contribution in [0.2, 0.25) is 0 Å². The Bertz CT molecular complexity index is 611. The van der Waals surface area contributed by atoms with Gasteiger partial charge in [0.15, 0.2) is 0 Å². The Morgan fingerprint density at radius 3 is 2.72 bits per heavy atom. The Kier molecular flexibility index (Phi) is 3.33. The number of halogens is 1. The van der Waals surface area contributed by atoms with Gasteiger partial charge in [-0.25, -0.2) is 4.68 Å². The maximum Gasteiger partial charge on any atom is 0.312 e. The lowest BCUT2D eigenvalue weighted by molar-refractivity contribution is -0.386. The number of hydrogen-bond acceptors (Lipinski definition) is 6. The van der Waals surface area contributed by atoms with Gasteiger partial charge in [0.1, 0.15) is 12.7 Å². The molecular weight excluding hydrogens is 306 g/mol. The molecule has 18 heavy (non-hydrogen) atoms. The highest BCUT2D eigenvalue weighted by Gasteiger charge is 2.17. The molecule has 0 atom stereocenters. The highest BCUT2D eigenvalue weighted by Crippen LogP contribution is 2.34. The highest BCUT2D eigenvalue weighted by atomic mass is 79.9. The molecule has 1 aromatic carbocycles. The lowest BCUT2D eigenvalue weighted by atomic mass is 10.2. The van der Waals surface area contributed by atoms with Crippen LogP contribution in [-0.4, -0.2) is 31.1 Å². The smallest absolute Gasteiger partial charge is 0.312 e. The van der Waals surface area contributed by atoms with Crippen molar-refractivity contribution in [1.82, 2.24) is 14.9 Å². The van der Waals surface area contributed by atoms with Crippen molar-refractivity contribution in [3.63, 3.8) is 0 Å². The first-order chi connectivity index (χ1) is 8.58. The summed E-state index contributed by atoms with van der Waals surface area (Å²) in [7, 11) is 0. The van der Waals surface area contributed by atoms with E-state index in [0.717, 1.165) is 0 Å². The van der Waals surface area contributed by atoms with Crippen LogP contribution in [0.5, 0.6) is 5.75 Å². The van der Waals surface area contributed by atoms with E-state index in [9.17, 15) is 15.2 Å². The van der Waals surface area contributed by atoms with Crippen molar-refractivity contribution in [1.29, 1.82) is 0 Å². The van der Waals surface area contributed by atoms with E-state index in [1.54, 1.807) is 0 Å². The van der Waals surface area contributed by atoms with Crippen molar-refractivity contribution in [2.24, 2.45) is 5.10 Å². The van der Waals surface area contributed by atoms with Crippen LogP contribution in [0.25, 0.3) is 0 Å². The minimum atomic E-state index is -0.670. The Morgan fingerprint density at radius 2 is 2.11 bits per heavy atom. The van der Waals surface area contributed by atoms with E-state index < -0.39 is 16.4 Å². The number of hydrogen-bond donors (Lipinski definition) is 1. The topological polar surface area (TPSA) is 106 Å². The van der Waals surface area contributed by atoms with Gasteiger partial charge in [-0.15, -0.1) is 10.2 Å². The molecule has 0 fully saturated rings. The molecule has 8 nitrogen and oxygen atoms in total. The van der Waals surface area contributed by atoms with Crippen molar-refractivity contribution in [2.75, 3.05) is 0 Å². The number of nitrogens with zero attached hydrogens (tertiary/aromatic N) is 5. The van der Waals surface area contributed by atoms with Gasteiger partial charge < -0.3 is 5.11 Å². The number of phenols is 1. The quantitative estimate of drug-likeness (QED) is 0.525. The van der Waals surface area contributed by atoms with Gasteiger partial charge in [0.05, 0.1) is 15.6 Å². The van der Waals surface area contributed by atoms with Crippen LogP contribution < -0.4 is 0 Å². The van der Waals surface area contributed by atoms with E-state index in [2.05, 4.69) is 31.2 Å². The fourth-order valence-electron chi connectivity index (χ4n) is 1.21. The molecule has 92 valence electrons. The molecule has 2 rings (SSSR count). The first kappa shape index (κ1) is 12.2. The molecular formula is C9H6BrN5O3. The predicted molar refractivity (Wildman–Crippen MR) is 65.5 cm³/mol. The maximum atomic E-state index is 10.7. The van der Waals surface area contributed by atoms with Crippen molar-refractivity contribution in [3.05, 3.63) is 44.9 Å². The minimum absolute atomic E-state index is 0.224. The van der Waals surface area contributed by atoms with Gasteiger partial charge in [-0.2, -0.15) is 5.10 Å². The maximum absolute atomic E-state index is 10.7. The molecule has 0 saturated heterocycles. The third kappa shape index (κ3) is 2.51.